The zero-order valence-corrected chi connectivity index (χ0v) is 21.7. The van der Waals surface area contributed by atoms with Gasteiger partial charge in [0, 0.05) is 51.4 Å². The zero-order chi connectivity index (χ0) is 25.7. The molecule has 0 amide bonds. The monoisotopic (exact) mass is 515 g/mol. The molecule has 2 saturated heterocycles. The first-order chi connectivity index (χ1) is 18.2. The van der Waals surface area contributed by atoms with Crippen LogP contribution in [-0.2, 0) is 9.47 Å². The van der Waals surface area contributed by atoms with Gasteiger partial charge in [0.1, 0.15) is 24.7 Å². The fourth-order valence-corrected chi connectivity index (χ4v) is 4.04. The van der Waals surface area contributed by atoms with Crippen molar-refractivity contribution in [3.05, 3.63) is 36.4 Å². The molecular formula is C26H36BN2O8. The van der Waals surface area contributed by atoms with E-state index in [4.69, 9.17) is 37.7 Å². The minimum absolute atomic E-state index is 0.562. The first-order valence-electron chi connectivity index (χ1n) is 12.6. The number of hydrogen-bond donors (Lipinski definition) is 0. The molecule has 0 atom stereocenters. The maximum absolute atomic E-state index is 5.92. The number of ether oxygens (including phenoxy) is 6. The van der Waals surface area contributed by atoms with Crippen molar-refractivity contribution in [1.29, 1.82) is 0 Å². The average molecular weight is 515 g/mol. The van der Waals surface area contributed by atoms with Crippen molar-refractivity contribution in [1.82, 2.24) is 9.80 Å². The second kappa shape index (κ2) is 14.8. The van der Waals surface area contributed by atoms with E-state index < -0.39 is 0 Å². The SMILES string of the molecule is COc1cc(O[B]Oc2ccc(OCCN3CCOCC3)c(OC)c2)ccc1OCCN1CCOCC1. The van der Waals surface area contributed by atoms with Crippen LogP contribution in [0.4, 0.5) is 0 Å². The lowest BCUT2D eigenvalue weighted by atomic mass is 10.2. The van der Waals surface area contributed by atoms with Gasteiger partial charge >= 0.3 is 7.69 Å². The van der Waals surface area contributed by atoms with E-state index in [0.717, 1.165) is 65.7 Å². The third-order valence-electron chi connectivity index (χ3n) is 6.18. The highest BCUT2D eigenvalue weighted by atomic mass is 16.6. The molecule has 2 aromatic rings. The van der Waals surface area contributed by atoms with E-state index in [1.807, 2.05) is 12.1 Å². The van der Waals surface area contributed by atoms with Gasteiger partial charge in [-0.3, -0.25) is 9.80 Å². The Hall–Kier alpha value is -2.86. The van der Waals surface area contributed by atoms with Crippen LogP contribution >= 0.6 is 0 Å². The van der Waals surface area contributed by atoms with Crippen LogP contribution < -0.4 is 28.3 Å². The van der Waals surface area contributed by atoms with E-state index in [0.29, 0.717) is 47.7 Å². The lowest BCUT2D eigenvalue weighted by Gasteiger charge is -2.26. The van der Waals surface area contributed by atoms with Gasteiger partial charge in [0.05, 0.1) is 40.6 Å². The maximum Gasteiger partial charge on any atom is 0.658 e. The van der Waals surface area contributed by atoms with Gasteiger partial charge in [0.25, 0.3) is 0 Å². The summed E-state index contributed by atoms with van der Waals surface area (Å²) < 4.78 is 44.8. The molecule has 0 aliphatic carbocycles. The number of rotatable bonds is 14. The highest BCUT2D eigenvalue weighted by molar-refractivity contribution is 6.20. The summed E-state index contributed by atoms with van der Waals surface area (Å²) in [5.41, 5.74) is 0. The zero-order valence-electron chi connectivity index (χ0n) is 21.7. The summed E-state index contributed by atoms with van der Waals surface area (Å²) in [4.78, 5) is 4.64. The number of hydrogen-bond acceptors (Lipinski definition) is 10. The molecule has 1 radical (unpaired) electrons. The van der Waals surface area contributed by atoms with Gasteiger partial charge in [-0.25, -0.2) is 0 Å². The number of benzene rings is 2. The van der Waals surface area contributed by atoms with E-state index in [1.54, 1.807) is 38.5 Å². The summed E-state index contributed by atoms with van der Waals surface area (Å²) in [6.07, 6.45) is 0. The van der Waals surface area contributed by atoms with Crippen LogP contribution in [-0.4, -0.2) is 111 Å². The largest absolute Gasteiger partial charge is 0.658 e. The Kier molecular flexibility index (Phi) is 10.9. The predicted molar refractivity (Wildman–Crippen MR) is 139 cm³/mol. The molecule has 37 heavy (non-hydrogen) atoms. The van der Waals surface area contributed by atoms with Gasteiger partial charge in [-0.05, 0) is 24.3 Å². The average Bonchev–Trinajstić information content (AvgIpc) is 2.95. The van der Waals surface area contributed by atoms with Crippen molar-refractivity contribution >= 4 is 7.69 Å². The highest BCUT2D eigenvalue weighted by Gasteiger charge is 2.14. The molecule has 2 aliphatic rings. The molecule has 0 unspecified atom stereocenters. The van der Waals surface area contributed by atoms with Crippen molar-refractivity contribution in [3.8, 4) is 34.5 Å². The molecule has 0 saturated carbocycles. The van der Waals surface area contributed by atoms with Crippen molar-refractivity contribution in [2.75, 3.05) is 93.1 Å². The quantitative estimate of drug-likeness (QED) is 0.349. The maximum atomic E-state index is 5.92. The third kappa shape index (κ3) is 8.60. The Balaban J connectivity index is 1.21. The second-order valence-corrected chi connectivity index (χ2v) is 8.56. The normalized spacial score (nSPS) is 16.6. The fraction of sp³-hybridized carbons (Fsp3) is 0.538. The van der Waals surface area contributed by atoms with Crippen LogP contribution in [0.3, 0.4) is 0 Å². The molecule has 0 bridgehead atoms. The fourth-order valence-electron chi connectivity index (χ4n) is 4.04. The summed E-state index contributed by atoms with van der Waals surface area (Å²) in [5, 5.41) is 0. The van der Waals surface area contributed by atoms with Crippen molar-refractivity contribution in [2.24, 2.45) is 0 Å². The molecule has 2 aromatic carbocycles. The van der Waals surface area contributed by atoms with Crippen molar-refractivity contribution < 1.29 is 37.7 Å². The summed E-state index contributed by atoms with van der Waals surface area (Å²) in [6.45, 7) is 9.63. The molecule has 0 spiro atoms. The van der Waals surface area contributed by atoms with E-state index in [9.17, 15) is 0 Å². The first-order valence-corrected chi connectivity index (χ1v) is 12.6. The Morgan fingerprint density at radius 3 is 1.49 bits per heavy atom. The summed E-state index contributed by atoms with van der Waals surface area (Å²) in [5.74, 6) is 3.64. The Labute approximate surface area is 219 Å². The lowest BCUT2D eigenvalue weighted by Crippen LogP contribution is -2.38. The first kappa shape index (κ1) is 27.2. The smallest absolute Gasteiger partial charge is 0.526 e. The molecule has 10 nitrogen and oxygen atoms in total. The molecule has 2 heterocycles. The Morgan fingerprint density at radius 1 is 0.649 bits per heavy atom. The molecule has 0 aromatic heterocycles. The minimum atomic E-state index is 0.562. The predicted octanol–water partition coefficient (Wildman–Crippen LogP) is 2.12. The third-order valence-corrected chi connectivity index (χ3v) is 6.18. The molecular weight excluding hydrogens is 479 g/mol. The van der Waals surface area contributed by atoms with Crippen LogP contribution in [0.5, 0.6) is 34.5 Å². The van der Waals surface area contributed by atoms with Crippen LogP contribution in [0.1, 0.15) is 0 Å². The standard InChI is InChI=1S/C26H36BN2O8/c1-30-25-19-21(3-5-23(25)34-17-11-28-7-13-32-14-8-28)36-27-37-22-4-6-24(26(20-22)31-2)35-18-12-29-9-15-33-16-10-29/h3-6,19-20H,7-18H2,1-2H3. The lowest BCUT2D eigenvalue weighted by molar-refractivity contribution is 0.0320. The molecule has 0 N–H and O–H groups in total. The number of morpholine rings is 2. The van der Waals surface area contributed by atoms with Crippen LogP contribution in [0.15, 0.2) is 36.4 Å². The minimum Gasteiger partial charge on any atom is -0.526 e. The van der Waals surface area contributed by atoms with Gasteiger partial charge in [-0.15, -0.1) is 0 Å². The molecule has 201 valence electrons. The van der Waals surface area contributed by atoms with E-state index in [1.165, 1.54) is 7.69 Å². The van der Waals surface area contributed by atoms with E-state index in [2.05, 4.69) is 9.80 Å². The van der Waals surface area contributed by atoms with Crippen molar-refractivity contribution in [2.45, 2.75) is 0 Å². The van der Waals surface area contributed by atoms with Gasteiger partial charge in [0.2, 0.25) is 0 Å². The molecule has 4 rings (SSSR count). The van der Waals surface area contributed by atoms with Gasteiger partial charge in [0.15, 0.2) is 23.0 Å². The van der Waals surface area contributed by atoms with Gasteiger partial charge in [-0.1, -0.05) is 0 Å². The highest BCUT2D eigenvalue weighted by Crippen LogP contribution is 2.33. The van der Waals surface area contributed by atoms with Crippen LogP contribution in [0.2, 0.25) is 0 Å². The summed E-state index contributed by atoms with van der Waals surface area (Å²) in [7, 11) is 4.47. The topological polar surface area (TPSA) is 80.3 Å². The molecule has 11 heteroatoms. The Morgan fingerprint density at radius 2 is 1.08 bits per heavy atom. The summed E-state index contributed by atoms with van der Waals surface area (Å²) in [6, 6.07) is 10.8. The van der Waals surface area contributed by atoms with Crippen LogP contribution in [0.25, 0.3) is 0 Å². The van der Waals surface area contributed by atoms with Crippen LogP contribution in [0, 0.1) is 0 Å². The molecule has 2 fully saturated rings. The van der Waals surface area contributed by atoms with E-state index in [-0.39, 0.29) is 0 Å². The molecule has 2 aliphatic heterocycles. The summed E-state index contributed by atoms with van der Waals surface area (Å²) >= 11 is 0. The second-order valence-electron chi connectivity index (χ2n) is 8.56. The van der Waals surface area contributed by atoms with Gasteiger partial charge < -0.3 is 37.7 Å². The van der Waals surface area contributed by atoms with Gasteiger partial charge in [-0.2, -0.15) is 0 Å². The van der Waals surface area contributed by atoms with Crippen molar-refractivity contribution in [3.63, 3.8) is 0 Å². The number of nitrogens with zero attached hydrogens (tertiary/aromatic N) is 2. The van der Waals surface area contributed by atoms with E-state index >= 15 is 0 Å². The Bertz CT molecular complexity index is 879. The number of methoxy groups -OCH3 is 2.